The lowest BCUT2D eigenvalue weighted by Gasteiger charge is -2.22. The molecule has 0 fully saturated rings. The van der Waals surface area contributed by atoms with E-state index in [0.29, 0.717) is 17.9 Å². The molecule has 0 aliphatic carbocycles. The third-order valence-electron chi connectivity index (χ3n) is 3.32. The van der Waals surface area contributed by atoms with Crippen LogP contribution in [0.4, 0.5) is 17.3 Å². The molecular formula is C14H13BrN4O. The van der Waals surface area contributed by atoms with E-state index in [0.717, 1.165) is 16.0 Å². The molecule has 20 heavy (non-hydrogen) atoms. The lowest BCUT2D eigenvalue weighted by molar-refractivity contribution is 0.0994. The second-order valence-corrected chi connectivity index (χ2v) is 5.39. The molecule has 3 rings (SSSR count). The molecule has 3 heterocycles. The highest BCUT2D eigenvalue weighted by Crippen LogP contribution is 2.38. The highest BCUT2D eigenvalue weighted by atomic mass is 79.9. The second-order valence-electron chi connectivity index (χ2n) is 4.48. The zero-order valence-corrected chi connectivity index (χ0v) is 12.8. The first-order valence-corrected chi connectivity index (χ1v) is 7.09. The Morgan fingerprint density at radius 3 is 2.85 bits per heavy atom. The van der Waals surface area contributed by atoms with Gasteiger partial charge in [-0.3, -0.25) is 4.79 Å². The Morgan fingerprint density at radius 1 is 1.30 bits per heavy atom. The van der Waals surface area contributed by atoms with Gasteiger partial charge in [0.15, 0.2) is 5.82 Å². The van der Waals surface area contributed by atoms with E-state index in [1.807, 2.05) is 17.9 Å². The summed E-state index contributed by atoms with van der Waals surface area (Å²) in [5, 5.41) is 0. The molecule has 0 saturated heterocycles. The maximum Gasteiger partial charge on any atom is 0.261 e. The van der Waals surface area contributed by atoms with Gasteiger partial charge in [-0.2, -0.15) is 0 Å². The Bertz CT molecular complexity index is 689. The van der Waals surface area contributed by atoms with Gasteiger partial charge < -0.3 is 9.80 Å². The number of amides is 1. The molecule has 0 atom stereocenters. The fourth-order valence-corrected chi connectivity index (χ4v) is 2.66. The standard InChI is InChI=1S/C14H13BrN4O/c1-3-19-12-10(5-4-6-16-12)14(20)18(2)11-7-9(15)8-17-13(11)19/h4-8H,3H2,1-2H3. The Kier molecular flexibility index (Phi) is 3.17. The van der Waals surface area contributed by atoms with Gasteiger partial charge in [-0.15, -0.1) is 0 Å². The van der Waals surface area contributed by atoms with Gasteiger partial charge in [-0.25, -0.2) is 9.97 Å². The molecule has 2 aromatic rings. The van der Waals surface area contributed by atoms with Crippen molar-refractivity contribution in [3.63, 3.8) is 0 Å². The Labute approximate surface area is 125 Å². The SMILES string of the molecule is CCN1c2ncccc2C(=O)N(C)c2cc(Br)cnc21. The van der Waals surface area contributed by atoms with Crippen LogP contribution in [0.3, 0.4) is 0 Å². The van der Waals surface area contributed by atoms with Gasteiger partial charge in [0.1, 0.15) is 5.82 Å². The monoisotopic (exact) mass is 332 g/mol. The van der Waals surface area contributed by atoms with E-state index < -0.39 is 0 Å². The van der Waals surface area contributed by atoms with E-state index in [4.69, 9.17) is 0 Å². The zero-order chi connectivity index (χ0) is 14.3. The number of aromatic nitrogens is 2. The molecule has 2 aromatic heterocycles. The van der Waals surface area contributed by atoms with E-state index in [1.54, 1.807) is 36.5 Å². The Hall–Kier alpha value is -1.95. The summed E-state index contributed by atoms with van der Waals surface area (Å²) in [6.07, 6.45) is 3.42. The highest BCUT2D eigenvalue weighted by molar-refractivity contribution is 9.10. The third kappa shape index (κ3) is 1.87. The van der Waals surface area contributed by atoms with Crippen molar-refractivity contribution in [1.82, 2.24) is 9.97 Å². The smallest absolute Gasteiger partial charge is 0.261 e. The van der Waals surface area contributed by atoms with Crippen molar-refractivity contribution in [2.45, 2.75) is 6.92 Å². The quantitative estimate of drug-likeness (QED) is 0.805. The van der Waals surface area contributed by atoms with Gasteiger partial charge in [0.05, 0.1) is 11.3 Å². The molecule has 6 heteroatoms. The molecule has 102 valence electrons. The molecular weight excluding hydrogens is 320 g/mol. The first-order chi connectivity index (χ1) is 9.63. The van der Waals surface area contributed by atoms with Crippen LogP contribution in [-0.2, 0) is 0 Å². The molecule has 1 aliphatic heterocycles. The van der Waals surface area contributed by atoms with Crippen LogP contribution in [-0.4, -0.2) is 29.5 Å². The summed E-state index contributed by atoms with van der Waals surface area (Å²) in [4.78, 5) is 25.0. The van der Waals surface area contributed by atoms with Gasteiger partial charge in [0.25, 0.3) is 5.91 Å². The number of hydrogen-bond acceptors (Lipinski definition) is 4. The summed E-state index contributed by atoms with van der Waals surface area (Å²) in [5.41, 5.74) is 1.36. The first kappa shape index (κ1) is 13.1. The molecule has 0 radical (unpaired) electrons. The van der Waals surface area contributed by atoms with Gasteiger partial charge >= 0.3 is 0 Å². The fourth-order valence-electron chi connectivity index (χ4n) is 2.35. The van der Waals surface area contributed by atoms with E-state index in [2.05, 4.69) is 25.9 Å². The number of nitrogens with zero attached hydrogens (tertiary/aromatic N) is 4. The van der Waals surface area contributed by atoms with Crippen LogP contribution >= 0.6 is 15.9 Å². The lowest BCUT2D eigenvalue weighted by Crippen LogP contribution is -2.25. The summed E-state index contributed by atoms with van der Waals surface area (Å²) in [6, 6.07) is 5.47. The lowest BCUT2D eigenvalue weighted by atomic mass is 10.2. The summed E-state index contributed by atoms with van der Waals surface area (Å²) >= 11 is 3.41. The van der Waals surface area contributed by atoms with E-state index in [9.17, 15) is 4.79 Å². The van der Waals surface area contributed by atoms with Crippen molar-refractivity contribution < 1.29 is 4.79 Å². The normalized spacial score (nSPS) is 13.8. The molecule has 1 amide bonds. The van der Waals surface area contributed by atoms with Crippen LogP contribution < -0.4 is 9.80 Å². The molecule has 0 aromatic carbocycles. The number of carbonyl (C=O) groups excluding carboxylic acids is 1. The maximum absolute atomic E-state index is 12.6. The number of carbonyl (C=O) groups is 1. The number of anilines is 3. The zero-order valence-electron chi connectivity index (χ0n) is 11.2. The maximum atomic E-state index is 12.6. The third-order valence-corrected chi connectivity index (χ3v) is 3.76. The predicted molar refractivity (Wildman–Crippen MR) is 81.6 cm³/mol. The van der Waals surface area contributed by atoms with E-state index in [-0.39, 0.29) is 5.91 Å². The fraction of sp³-hybridized carbons (Fsp3) is 0.214. The summed E-state index contributed by atoms with van der Waals surface area (Å²) in [6.45, 7) is 2.70. The second kappa shape index (κ2) is 4.86. The summed E-state index contributed by atoms with van der Waals surface area (Å²) in [7, 11) is 1.76. The van der Waals surface area contributed by atoms with Crippen LogP contribution in [0.25, 0.3) is 0 Å². The minimum absolute atomic E-state index is 0.0785. The number of pyridine rings is 2. The Balaban J connectivity index is 2.31. The first-order valence-electron chi connectivity index (χ1n) is 6.29. The average molecular weight is 333 g/mol. The summed E-state index contributed by atoms with van der Waals surface area (Å²) in [5.74, 6) is 1.31. The average Bonchev–Trinajstić information content (AvgIpc) is 2.55. The Morgan fingerprint density at radius 2 is 2.10 bits per heavy atom. The van der Waals surface area contributed by atoms with Crippen LogP contribution in [0.2, 0.25) is 0 Å². The van der Waals surface area contributed by atoms with Crippen molar-refractivity contribution in [2.75, 3.05) is 23.4 Å². The van der Waals surface area contributed by atoms with Crippen molar-refractivity contribution >= 4 is 39.2 Å². The van der Waals surface area contributed by atoms with Crippen LogP contribution in [0.1, 0.15) is 17.3 Å². The van der Waals surface area contributed by atoms with Crippen molar-refractivity contribution in [3.8, 4) is 0 Å². The van der Waals surface area contributed by atoms with Gasteiger partial charge in [-0.1, -0.05) is 0 Å². The predicted octanol–water partition coefficient (Wildman–Crippen LogP) is 2.99. The highest BCUT2D eigenvalue weighted by Gasteiger charge is 2.30. The summed E-state index contributed by atoms with van der Waals surface area (Å²) < 4.78 is 0.839. The van der Waals surface area contributed by atoms with Crippen LogP contribution in [0, 0.1) is 0 Å². The van der Waals surface area contributed by atoms with Gasteiger partial charge in [0, 0.05) is 30.5 Å². The minimum atomic E-state index is -0.0785. The number of halogens is 1. The van der Waals surface area contributed by atoms with Crippen molar-refractivity contribution in [3.05, 3.63) is 40.6 Å². The van der Waals surface area contributed by atoms with Crippen molar-refractivity contribution in [2.24, 2.45) is 0 Å². The topological polar surface area (TPSA) is 49.3 Å². The number of rotatable bonds is 1. The van der Waals surface area contributed by atoms with Crippen LogP contribution in [0.5, 0.6) is 0 Å². The van der Waals surface area contributed by atoms with E-state index in [1.165, 1.54) is 0 Å². The van der Waals surface area contributed by atoms with Gasteiger partial charge in [0.2, 0.25) is 0 Å². The number of fused-ring (bicyclic) bond motifs is 2. The molecule has 0 N–H and O–H groups in total. The molecule has 0 bridgehead atoms. The minimum Gasteiger partial charge on any atom is -0.309 e. The molecule has 0 unspecified atom stereocenters. The largest absolute Gasteiger partial charge is 0.309 e. The number of hydrogen-bond donors (Lipinski definition) is 0. The van der Waals surface area contributed by atoms with E-state index >= 15 is 0 Å². The van der Waals surface area contributed by atoms with Crippen molar-refractivity contribution in [1.29, 1.82) is 0 Å². The van der Waals surface area contributed by atoms with Crippen LogP contribution in [0.15, 0.2) is 35.1 Å². The molecule has 0 spiro atoms. The molecule has 0 saturated carbocycles. The van der Waals surface area contributed by atoms with Gasteiger partial charge in [-0.05, 0) is 41.1 Å². The molecule has 1 aliphatic rings. The molecule has 5 nitrogen and oxygen atoms in total.